The van der Waals surface area contributed by atoms with E-state index in [0.717, 1.165) is 11.3 Å². The first-order chi connectivity index (χ1) is 11.8. The minimum absolute atomic E-state index is 0.129. The normalized spacial score (nSPS) is 11.8. The monoisotopic (exact) mass is 345 g/mol. The van der Waals surface area contributed by atoms with Crippen LogP contribution in [0.3, 0.4) is 0 Å². The number of hydrogen-bond donors (Lipinski definition) is 4. The van der Waals surface area contributed by atoms with Crippen molar-refractivity contribution in [3.05, 3.63) is 41.2 Å². The van der Waals surface area contributed by atoms with Crippen LogP contribution >= 0.6 is 0 Å². The van der Waals surface area contributed by atoms with E-state index in [1.54, 1.807) is 23.7 Å². The van der Waals surface area contributed by atoms with Crippen LogP contribution in [-0.2, 0) is 17.8 Å². The number of anilines is 1. The second kappa shape index (κ2) is 7.69. The number of amides is 3. The Morgan fingerprint density at radius 2 is 1.92 bits per heavy atom. The van der Waals surface area contributed by atoms with Gasteiger partial charge in [-0.2, -0.15) is 5.10 Å². The van der Waals surface area contributed by atoms with Gasteiger partial charge in [0.15, 0.2) is 0 Å². The molecule has 1 aromatic carbocycles. The average Bonchev–Trinajstić information content (AvgIpc) is 2.83. The molecule has 8 nitrogen and oxygen atoms in total. The number of phenols is 1. The summed E-state index contributed by atoms with van der Waals surface area (Å²) in [4.78, 5) is 23.9. The summed E-state index contributed by atoms with van der Waals surface area (Å²) in [5.74, 6) is -0.509. The minimum Gasteiger partial charge on any atom is -0.508 e. The van der Waals surface area contributed by atoms with Crippen molar-refractivity contribution < 1.29 is 14.7 Å². The number of carbonyl (C=O) groups is 2. The Bertz CT molecular complexity index is 767. The third-order valence-electron chi connectivity index (χ3n) is 3.94. The Morgan fingerprint density at radius 3 is 2.44 bits per heavy atom. The number of benzene rings is 1. The Labute approximate surface area is 146 Å². The molecular formula is C17H23N5O3. The summed E-state index contributed by atoms with van der Waals surface area (Å²) in [6.45, 7) is 6.32. The zero-order valence-corrected chi connectivity index (χ0v) is 14.5. The summed E-state index contributed by atoms with van der Waals surface area (Å²) < 4.78 is 1.78. The van der Waals surface area contributed by atoms with Crippen LogP contribution in [0, 0.1) is 13.8 Å². The van der Waals surface area contributed by atoms with Crippen molar-refractivity contribution >= 4 is 17.6 Å². The first kappa shape index (κ1) is 18.3. The van der Waals surface area contributed by atoms with Gasteiger partial charge in [-0.15, -0.1) is 0 Å². The number of rotatable bonds is 6. The number of carbonyl (C=O) groups excluding carboxylic acids is 2. The van der Waals surface area contributed by atoms with Crippen LogP contribution in [0.15, 0.2) is 24.3 Å². The highest BCUT2D eigenvalue weighted by Crippen LogP contribution is 2.19. The summed E-state index contributed by atoms with van der Waals surface area (Å²) in [5, 5.41) is 19.0. The van der Waals surface area contributed by atoms with Gasteiger partial charge in [-0.3, -0.25) is 9.48 Å². The summed E-state index contributed by atoms with van der Waals surface area (Å²) in [7, 11) is 0. The topological polar surface area (TPSA) is 122 Å². The Morgan fingerprint density at radius 1 is 1.28 bits per heavy atom. The molecule has 1 heterocycles. The molecule has 0 spiro atoms. The van der Waals surface area contributed by atoms with E-state index < -0.39 is 18.0 Å². The van der Waals surface area contributed by atoms with Gasteiger partial charge in [0.1, 0.15) is 11.8 Å². The largest absolute Gasteiger partial charge is 0.508 e. The number of primary amides is 1. The molecule has 3 amide bonds. The zero-order valence-electron chi connectivity index (χ0n) is 14.5. The molecule has 8 heteroatoms. The van der Waals surface area contributed by atoms with Crippen LogP contribution in [0.1, 0.15) is 23.9 Å². The predicted octanol–water partition coefficient (Wildman–Crippen LogP) is 1.44. The molecule has 0 aliphatic heterocycles. The molecule has 0 saturated heterocycles. The van der Waals surface area contributed by atoms with E-state index >= 15 is 0 Å². The van der Waals surface area contributed by atoms with Gasteiger partial charge in [0.05, 0.1) is 17.1 Å². The van der Waals surface area contributed by atoms with Gasteiger partial charge in [0.2, 0.25) is 5.91 Å². The molecule has 1 atom stereocenters. The van der Waals surface area contributed by atoms with Crippen LogP contribution in [0.4, 0.5) is 10.5 Å². The molecule has 1 aromatic heterocycles. The molecule has 0 bridgehead atoms. The number of nitrogens with two attached hydrogens (primary N) is 1. The first-order valence-corrected chi connectivity index (χ1v) is 8.00. The van der Waals surface area contributed by atoms with Crippen LogP contribution in [0.5, 0.6) is 5.75 Å². The lowest BCUT2D eigenvalue weighted by Gasteiger charge is -2.16. The Hall–Kier alpha value is -3.03. The van der Waals surface area contributed by atoms with Crippen molar-refractivity contribution in [1.82, 2.24) is 15.1 Å². The molecule has 0 aliphatic rings. The molecule has 5 N–H and O–H groups in total. The standard InChI is InChI=1S/C17H23N5O3/c1-4-22-11(3)15(10(2)21-22)20-17(25)19-14(16(18)24)9-12-5-7-13(23)8-6-12/h5-8,14,23H,4,9H2,1-3H3,(H2,18,24)(H2,19,20,25). The molecule has 25 heavy (non-hydrogen) atoms. The molecule has 2 aromatic rings. The fourth-order valence-electron chi connectivity index (χ4n) is 2.58. The molecule has 0 aliphatic carbocycles. The molecule has 1 unspecified atom stereocenters. The second-order valence-electron chi connectivity index (χ2n) is 5.79. The van der Waals surface area contributed by atoms with Crippen molar-refractivity contribution in [2.75, 3.05) is 5.32 Å². The maximum Gasteiger partial charge on any atom is 0.320 e. The lowest BCUT2D eigenvalue weighted by atomic mass is 10.1. The van der Waals surface area contributed by atoms with Gasteiger partial charge in [-0.1, -0.05) is 12.1 Å². The molecule has 0 fully saturated rings. The van der Waals surface area contributed by atoms with Gasteiger partial charge >= 0.3 is 6.03 Å². The van der Waals surface area contributed by atoms with Crippen molar-refractivity contribution in [2.24, 2.45) is 5.73 Å². The van der Waals surface area contributed by atoms with E-state index in [-0.39, 0.29) is 12.2 Å². The predicted molar refractivity (Wildman–Crippen MR) is 94.3 cm³/mol. The lowest BCUT2D eigenvalue weighted by molar-refractivity contribution is -0.119. The van der Waals surface area contributed by atoms with Crippen LogP contribution < -0.4 is 16.4 Å². The number of aromatic hydroxyl groups is 1. The fraction of sp³-hybridized carbons (Fsp3) is 0.353. The summed E-state index contributed by atoms with van der Waals surface area (Å²) in [6.07, 6.45) is 0.231. The molecule has 134 valence electrons. The quantitative estimate of drug-likeness (QED) is 0.633. The molecular weight excluding hydrogens is 322 g/mol. The van der Waals surface area contributed by atoms with Crippen molar-refractivity contribution in [3.63, 3.8) is 0 Å². The minimum atomic E-state index is -0.869. The maximum absolute atomic E-state index is 12.3. The van der Waals surface area contributed by atoms with Gasteiger partial charge in [-0.05, 0) is 38.5 Å². The Kier molecular flexibility index (Phi) is 5.63. The van der Waals surface area contributed by atoms with E-state index in [4.69, 9.17) is 5.73 Å². The van der Waals surface area contributed by atoms with Crippen molar-refractivity contribution in [3.8, 4) is 5.75 Å². The van der Waals surface area contributed by atoms with Gasteiger partial charge < -0.3 is 21.5 Å². The molecule has 2 rings (SSSR count). The van der Waals surface area contributed by atoms with E-state index in [1.807, 2.05) is 13.8 Å². The maximum atomic E-state index is 12.3. The fourth-order valence-corrected chi connectivity index (χ4v) is 2.58. The number of urea groups is 1. The number of phenolic OH excluding ortho intramolecular Hbond substituents is 1. The number of aryl methyl sites for hydroxylation is 2. The number of nitrogens with one attached hydrogen (secondary N) is 2. The van der Waals surface area contributed by atoms with E-state index in [9.17, 15) is 14.7 Å². The van der Waals surface area contributed by atoms with Gasteiger partial charge in [-0.25, -0.2) is 4.79 Å². The van der Waals surface area contributed by atoms with Crippen LogP contribution in [0.25, 0.3) is 0 Å². The van der Waals surface area contributed by atoms with E-state index in [2.05, 4.69) is 15.7 Å². The number of nitrogens with zero attached hydrogens (tertiary/aromatic N) is 2. The zero-order chi connectivity index (χ0) is 18.6. The highest BCUT2D eigenvalue weighted by molar-refractivity contribution is 5.94. The number of hydrogen-bond acceptors (Lipinski definition) is 4. The third-order valence-corrected chi connectivity index (χ3v) is 3.94. The third kappa shape index (κ3) is 4.50. The van der Waals surface area contributed by atoms with E-state index in [1.165, 1.54) is 12.1 Å². The average molecular weight is 345 g/mol. The van der Waals surface area contributed by atoms with Gasteiger partial charge in [0, 0.05) is 13.0 Å². The highest BCUT2D eigenvalue weighted by atomic mass is 16.3. The highest BCUT2D eigenvalue weighted by Gasteiger charge is 2.20. The first-order valence-electron chi connectivity index (χ1n) is 8.00. The van der Waals surface area contributed by atoms with Crippen molar-refractivity contribution in [1.29, 1.82) is 0 Å². The van der Waals surface area contributed by atoms with Crippen LogP contribution in [-0.4, -0.2) is 32.9 Å². The smallest absolute Gasteiger partial charge is 0.320 e. The van der Waals surface area contributed by atoms with Gasteiger partial charge in [0.25, 0.3) is 0 Å². The molecule has 0 radical (unpaired) electrons. The SMILES string of the molecule is CCn1nc(C)c(NC(=O)NC(Cc2ccc(O)cc2)C(N)=O)c1C. The summed E-state index contributed by atoms with van der Waals surface area (Å²) >= 11 is 0. The lowest BCUT2D eigenvalue weighted by Crippen LogP contribution is -2.47. The molecule has 0 saturated carbocycles. The second-order valence-corrected chi connectivity index (χ2v) is 5.79. The summed E-state index contributed by atoms with van der Waals surface area (Å²) in [6, 6.07) is 4.98. The van der Waals surface area contributed by atoms with Crippen molar-refractivity contribution in [2.45, 2.75) is 39.8 Å². The van der Waals surface area contributed by atoms with Crippen LogP contribution in [0.2, 0.25) is 0 Å². The van der Waals surface area contributed by atoms with E-state index in [0.29, 0.717) is 17.9 Å². The Balaban J connectivity index is 2.06. The number of aromatic nitrogens is 2. The summed E-state index contributed by atoms with van der Waals surface area (Å²) in [5.41, 5.74) is 8.32.